The summed E-state index contributed by atoms with van der Waals surface area (Å²) in [7, 11) is 0. The molecule has 3 rings (SSSR count). The first-order valence-corrected chi connectivity index (χ1v) is 9.90. The van der Waals surface area contributed by atoms with Crippen LogP contribution in [0.4, 0.5) is 4.79 Å². The highest BCUT2D eigenvalue weighted by Crippen LogP contribution is 2.24. The molecule has 1 aliphatic heterocycles. The second-order valence-electron chi connectivity index (χ2n) is 7.45. The molecule has 2 aromatic carbocycles. The van der Waals surface area contributed by atoms with Gasteiger partial charge in [0.15, 0.2) is 0 Å². The Morgan fingerprint density at radius 1 is 1.14 bits per heavy atom. The van der Waals surface area contributed by atoms with E-state index in [1.807, 2.05) is 48.5 Å². The third kappa shape index (κ3) is 4.77. The Morgan fingerprint density at radius 2 is 1.79 bits per heavy atom. The van der Waals surface area contributed by atoms with Gasteiger partial charge in [0.1, 0.15) is 12.1 Å². The zero-order valence-electron chi connectivity index (χ0n) is 16.4. The van der Waals surface area contributed by atoms with Gasteiger partial charge in [-0.3, -0.25) is 14.5 Å². The lowest BCUT2D eigenvalue weighted by Crippen LogP contribution is -2.45. The molecule has 1 heterocycles. The first-order chi connectivity index (χ1) is 13.8. The lowest BCUT2D eigenvalue weighted by Gasteiger charge is -2.22. The Hall–Kier alpha value is -2.86. The number of carbonyl (C=O) groups is 3. The largest absolute Gasteiger partial charge is 0.348 e. The summed E-state index contributed by atoms with van der Waals surface area (Å²) in [6.07, 6.45) is 1.10. The Balaban J connectivity index is 1.60. The number of nitrogens with one attached hydrogen (secondary N) is 2. The molecule has 2 aromatic rings. The van der Waals surface area contributed by atoms with Crippen LogP contribution in [-0.4, -0.2) is 34.8 Å². The van der Waals surface area contributed by atoms with E-state index in [0.29, 0.717) is 17.9 Å². The van der Waals surface area contributed by atoms with Gasteiger partial charge in [0.05, 0.1) is 6.04 Å². The van der Waals surface area contributed by atoms with Gasteiger partial charge in [0, 0.05) is 5.02 Å². The fourth-order valence-corrected chi connectivity index (χ4v) is 3.73. The van der Waals surface area contributed by atoms with Gasteiger partial charge < -0.3 is 10.6 Å². The minimum absolute atomic E-state index is 0.333. The van der Waals surface area contributed by atoms with E-state index in [1.54, 1.807) is 19.9 Å². The van der Waals surface area contributed by atoms with Crippen molar-refractivity contribution in [1.82, 2.24) is 15.5 Å². The maximum absolute atomic E-state index is 12.8. The minimum Gasteiger partial charge on any atom is -0.348 e. The highest BCUT2D eigenvalue weighted by Gasteiger charge is 2.47. The Morgan fingerprint density at radius 3 is 2.48 bits per heavy atom. The van der Waals surface area contributed by atoms with E-state index in [-0.39, 0.29) is 18.5 Å². The molecule has 2 N–H and O–H groups in total. The number of amides is 4. The highest BCUT2D eigenvalue weighted by atomic mass is 35.5. The summed E-state index contributed by atoms with van der Waals surface area (Å²) in [5, 5.41) is 6.07. The molecule has 0 unspecified atom stereocenters. The number of rotatable bonds is 7. The van der Waals surface area contributed by atoms with E-state index in [1.165, 1.54) is 0 Å². The Labute approximate surface area is 175 Å². The summed E-state index contributed by atoms with van der Waals surface area (Å²) < 4.78 is 0. The predicted molar refractivity (Wildman–Crippen MR) is 111 cm³/mol. The van der Waals surface area contributed by atoms with E-state index in [9.17, 15) is 14.4 Å². The normalized spacial score (nSPS) is 19.8. The summed E-state index contributed by atoms with van der Waals surface area (Å²) >= 11 is 6.16. The van der Waals surface area contributed by atoms with Crippen LogP contribution in [0.1, 0.15) is 37.4 Å². The van der Waals surface area contributed by atoms with Crippen molar-refractivity contribution >= 4 is 29.4 Å². The molecule has 7 heteroatoms. The van der Waals surface area contributed by atoms with Crippen LogP contribution in [0.2, 0.25) is 5.02 Å². The van der Waals surface area contributed by atoms with Crippen molar-refractivity contribution in [1.29, 1.82) is 0 Å². The maximum Gasteiger partial charge on any atom is 0.325 e. The number of imide groups is 1. The van der Waals surface area contributed by atoms with Gasteiger partial charge in [-0.15, -0.1) is 0 Å². The zero-order valence-corrected chi connectivity index (χ0v) is 17.2. The number of nitrogens with zero attached hydrogens (tertiary/aromatic N) is 1. The lowest BCUT2D eigenvalue weighted by atomic mass is 9.93. The highest BCUT2D eigenvalue weighted by molar-refractivity contribution is 6.31. The molecule has 0 aliphatic carbocycles. The zero-order chi connectivity index (χ0) is 21.0. The fourth-order valence-electron chi connectivity index (χ4n) is 3.43. The molecule has 0 spiro atoms. The van der Waals surface area contributed by atoms with Gasteiger partial charge in [-0.1, -0.05) is 60.1 Å². The van der Waals surface area contributed by atoms with E-state index in [2.05, 4.69) is 10.6 Å². The number of halogens is 1. The van der Waals surface area contributed by atoms with Crippen LogP contribution in [0, 0.1) is 0 Å². The van der Waals surface area contributed by atoms with Crippen LogP contribution in [0.15, 0.2) is 54.6 Å². The molecule has 1 saturated heterocycles. The molecular weight excluding hydrogens is 390 g/mol. The van der Waals surface area contributed by atoms with E-state index in [0.717, 1.165) is 16.0 Å². The lowest BCUT2D eigenvalue weighted by molar-refractivity contribution is -0.134. The van der Waals surface area contributed by atoms with Crippen molar-refractivity contribution in [3.8, 4) is 0 Å². The van der Waals surface area contributed by atoms with E-state index in [4.69, 9.17) is 11.6 Å². The summed E-state index contributed by atoms with van der Waals surface area (Å²) in [4.78, 5) is 38.6. The van der Waals surface area contributed by atoms with Crippen LogP contribution in [-0.2, 0) is 16.0 Å². The summed E-state index contributed by atoms with van der Waals surface area (Å²) in [5.41, 5.74) is 0.828. The molecule has 152 valence electrons. The number of benzene rings is 2. The van der Waals surface area contributed by atoms with Crippen LogP contribution in [0.5, 0.6) is 0 Å². The van der Waals surface area contributed by atoms with Gasteiger partial charge >= 0.3 is 6.03 Å². The average molecular weight is 414 g/mol. The van der Waals surface area contributed by atoms with Crippen molar-refractivity contribution in [2.75, 3.05) is 6.54 Å². The van der Waals surface area contributed by atoms with Gasteiger partial charge in [-0.2, -0.15) is 0 Å². The number of hydrogen-bond donors (Lipinski definition) is 2. The predicted octanol–water partition coefficient (Wildman–Crippen LogP) is 3.46. The average Bonchev–Trinajstić information content (AvgIpc) is 2.91. The van der Waals surface area contributed by atoms with E-state index < -0.39 is 17.5 Å². The van der Waals surface area contributed by atoms with Gasteiger partial charge in [-0.05, 0) is 43.9 Å². The molecular formula is C22H24ClN3O3. The number of carbonyl (C=O) groups excluding carboxylic acids is 3. The number of hydrogen-bond acceptors (Lipinski definition) is 3. The van der Waals surface area contributed by atoms with E-state index >= 15 is 0 Å². The third-order valence-electron chi connectivity index (χ3n) is 5.15. The topological polar surface area (TPSA) is 78.5 Å². The summed E-state index contributed by atoms with van der Waals surface area (Å²) in [5.74, 6) is -0.813. The smallest absolute Gasteiger partial charge is 0.325 e. The molecule has 1 aliphatic rings. The monoisotopic (exact) mass is 413 g/mol. The quantitative estimate of drug-likeness (QED) is 0.682. The number of aryl methyl sites for hydroxylation is 1. The maximum atomic E-state index is 12.8. The number of urea groups is 1. The second-order valence-corrected chi connectivity index (χ2v) is 7.86. The van der Waals surface area contributed by atoms with Crippen molar-refractivity contribution in [2.24, 2.45) is 0 Å². The molecule has 0 bridgehead atoms. The molecule has 0 saturated carbocycles. The van der Waals surface area contributed by atoms with Crippen LogP contribution >= 0.6 is 11.6 Å². The molecule has 0 radical (unpaired) electrons. The van der Waals surface area contributed by atoms with Crippen molar-refractivity contribution in [3.05, 3.63) is 70.7 Å². The van der Waals surface area contributed by atoms with Crippen molar-refractivity contribution in [3.63, 3.8) is 0 Å². The standard InChI is InChI=1S/C22H24ClN3O3/c1-15(17-10-6-7-11-18(17)23)24-19(27)14-26-20(28)22(2,25-21(26)29)13-12-16-8-4-3-5-9-16/h3-11,15H,12-14H2,1-2H3,(H,24,27)(H,25,29)/t15-,22+/m0/s1. The first-order valence-electron chi connectivity index (χ1n) is 9.52. The molecule has 29 heavy (non-hydrogen) atoms. The Bertz CT molecular complexity index is 919. The molecule has 4 amide bonds. The Kier molecular flexibility index (Phi) is 6.23. The summed E-state index contributed by atoms with van der Waals surface area (Å²) in [6, 6.07) is 16.1. The summed E-state index contributed by atoms with van der Waals surface area (Å²) in [6.45, 7) is 3.16. The van der Waals surface area contributed by atoms with Gasteiger partial charge in [0.2, 0.25) is 5.91 Å². The van der Waals surface area contributed by atoms with Gasteiger partial charge in [0.25, 0.3) is 5.91 Å². The fraction of sp³-hybridized carbons (Fsp3) is 0.318. The minimum atomic E-state index is -1.03. The van der Waals surface area contributed by atoms with Crippen molar-refractivity contribution in [2.45, 2.75) is 38.3 Å². The molecule has 0 aromatic heterocycles. The molecule has 6 nitrogen and oxygen atoms in total. The van der Waals surface area contributed by atoms with Gasteiger partial charge in [-0.25, -0.2) is 4.79 Å². The van der Waals surface area contributed by atoms with Crippen LogP contribution in [0.25, 0.3) is 0 Å². The van der Waals surface area contributed by atoms with Crippen molar-refractivity contribution < 1.29 is 14.4 Å². The third-order valence-corrected chi connectivity index (χ3v) is 5.50. The molecule has 2 atom stereocenters. The molecule has 1 fully saturated rings. The van der Waals surface area contributed by atoms with Crippen LogP contribution in [0.3, 0.4) is 0 Å². The SMILES string of the molecule is C[C@H](NC(=O)CN1C(=O)N[C@](C)(CCc2ccccc2)C1=O)c1ccccc1Cl. The van der Waals surface area contributed by atoms with Crippen LogP contribution < -0.4 is 10.6 Å². The first kappa shape index (κ1) is 20.9. The second kappa shape index (κ2) is 8.66.